The highest BCUT2D eigenvalue weighted by molar-refractivity contribution is 5.84. The molecular formula is C14H10F4. The topological polar surface area (TPSA) is 0 Å². The summed E-state index contributed by atoms with van der Waals surface area (Å²) in [7, 11) is 0. The first-order valence-corrected chi connectivity index (χ1v) is 5.70. The zero-order valence-electron chi connectivity index (χ0n) is 9.39. The molecule has 0 heterocycles. The maximum absolute atomic E-state index is 13.8. The minimum absolute atomic E-state index is 0.0112. The average molecular weight is 254 g/mol. The van der Waals surface area contributed by atoms with Gasteiger partial charge in [-0.3, -0.25) is 0 Å². The normalized spacial score (nSPS) is 20.7. The number of aryl methyl sites for hydroxylation is 1. The van der Waals surface area contributed by atoms with E-state index in [4.69, 9.17) is 0 Å². The second-order valence-electron chi connectivity index (χ2n) is 4.64. The van der Waals surface area contributed by atoms with Gasteiger partial charge in [-0.05, 0) is 28.8 Å². The minimum atomic E-state index is -4.08. The first kappa shape index (κ1) is 11.5. The third-order valence-electron chi connectivity index (χ3n) is 3.48. The van der Waals surface area contributed by atoms with Gasteiger partial charge in [-0.2, -0.15) is 17.6 Å². The van der Waals surface area contributed by atoms with Gasteiger partial charge in [-0.15, -0.1) is 0 Å². The Balaban J connectivity index is 2.29. The predicted octanol–water partition coefficient (Wildman–Crippen LogP) is 4.51. The Kier molecular flexibility index (Phi) is 2.22. The Bertz CT molecular complexity index is 616. The van der Waals surface area contributed by atoms with E-state index in [1.807, 2.05) is 0 Å². The number of benzene rings is 2. The van der Waals surface area contributed by atoms with Crippen LogP contribution >= 0.6 is 0 Å². The second-order valence-corrected chi connectivity index (χ2v) is 4.64. The van der Waals surface area contributed by atoms with E-state index in [9.17, 15) is 17.6 Å². The summed E-state index contributed by atoms with van der Waals surface area (Å²) >= 11 is 0. The lowest BCUT2D eigenvalue weighted by Gasteiger charge is -2.33. The summed E-state index contributed by atoms with van der Waals surface area (Å²) in [6, 6.07) is 9.72. The molecule has 2 aromatic rings. The van der Waals surface area contributed by atoms with Crippen molar-refractivity contribution in [2.45, 2.75) is 24.7 Å². The van der Waals surface area contributed by atoms with Crippen LogP contribution in [0.5, 0.6) is 0 Å². The Morgan fingerprint density at radius 3 is 2.17 bits per heavy atom. The van der Waals surface area contributed by atoms with Crippen LogP contribution in [-0.4, -0.2) is 5.92 Å². The maximum atomic E-state index is 13.8. The van der Waals surface area contributed by atoms with Gasteiger partial charge in [0.05, 0.1) is 0 Å². The Morgan fingerprint density at radius 2 is 1.50 bits per heavy atom. The monoisotopic (exact) mass is 254 g/mol. The third-order valence-corrected chi connectivity index (χ3v) is 3.48. The van der Waals surface area contributed by atoms with Gasteiger partial charge in [-0.1, -0.05) is 30.3 Å². The van der Waals surface area contributed by atoms with E-state index in [0.29, 0.717) is 10.9 Å². The Morgan fingerprint density at radius 1 is 0.889 bits per heavy atom. The van der Waals surface area contributed by atoms with E-state index in [2.05, 4.69) is 0 Å². The molecule has 0 aliphatic heterocycles. The molecule has 0 unspecified atom stereocenters. The molecular weight excluding hydrogens is 244 g/mol. The van der Waals surface area contributed by atoms with Gasteiger partial charge < -0.3 is 0 Å². The van der Waals surface area contributed by atoms with E-state index in [1.54, 1.807) is 30.3 Å². The van der Waals surface area contributed by atoms with Gasteiger partial charge in [0.1, 0.15) is 0 Å². The molecule has 3 rings (SSSR count). The highest BCUT2D eigenvalue weighted by Gasteiger charge is 2.59. The molecule has 4 heteroatoms. The highest BCUT2D eigenvalue weighted by atomic mass is 19.3. The molecule has 0 N–H and O–H groups in total. The van der Waals surface area contributed by atoms with E-state index >= 15 is 0 Å². The van der Waals surface area contributed by atoms with Gasteiger partial charge in [0, 0.05) is 12.0 Å². The van der Waals surface area contributed by atoms with Crippen LogP contribution in [0.2, 0.25) is 0 Å². The molecule has 2 aromatic carbocycles. The zero-order chi connectivity index (χ0) is 13.0. The first-order valence-electron chi connectivity index (χ1n) is 5.70. The summed E-state index contributed by atoms with van der Waals surface area (Å²) in [5.74, 6) is -8.03. The fourth-order valence-corrected chi connectivity index (χ4v) is 2.43. The molecule has 1 aliphatic carbocycles. The number of hydrogen-bond acceptors (Lipinski definition) is 0. The molecule has 0 aromatic heterocycles. The molecule has 1 aliphatic rings. The zero-order valence-corrected chi connectivity index (χ0v) is 9.39. The van der Waals surface area contributed by atoms with Gasteiger partial charge in [0.25, 0.3) is 0 Å². The summed E-state index contributed by atoms with van der Waals surface area (Å²) in [4.78, 5) is 0. The highest BCUT2D eigenvalue weighted by Crippen LogP contribution is 2.50. The number of halogens is 4. The molecule has 18 heavy (non-hydrogen) atoms. The van der Waals surface area contributed by atoms with Gasteiger partial charge in [0.15, 0.2) is 0 Å². The van der Waals surface area contributed by atoms with E-state index in [1.165, 1.54) is 6.07 Å². The number of rotatable bonds is 0. The average Bonchev–Trinajstić information content (AvgIpc) is 2.33. The lowest BCUT2D eigenvalue weighted by Crippen LogP contribution is -2.42. The molecule has 0 spiro atoms. The lowest BCUT2D eigenvalue weighted by atomic mass is 9.84. The predicted molar refractivity (Wildman–Crippen MR) is 61.1 cm³/mol. The lowest BCUT2D eigenvalue weighted by molar-refractivity contribution is -0.224. The smallest absolute Gasteiger partial charge is 0.199 e. The van der Waals surface area contributed by atoms with Gasteiger partial charge in [0.2, 0.25) is 0 Å². The van der Waals surface area contributed by atoms with Crippen molar-refractivity contribution in [3.63, 3.8) is 0 Å². The SMILES string of the molecule is FC1(F)CCc2cc3ccccc3cc2C1(F)F. The van der Waals surface area contributed by atoms with Crippen LogP contribution in [-0.2, 0) is 12.3 Å². The van der Waals surface area contributed by atoms with Crippen LogP contribution in [0.15, 0.2) is 36.4 Å². The summed E-state index contributed by atoms with van der Waals surface area (Å²) in [6.07, 6.45) is -0.811. The van der Waals surface area contributed by atoms with Crippen LogP contribution < -0.4 is 0 Å². The van der Waals surface area contributed by atoms with Crippen LogP contribution in [0.25, 0.3) is 10.8 Å². The van der Waals surface area contributed by atoms with Crippen molar-refractivity contribution in [3.05, 3.63) is 47.5 Å². The molecule has 0 radical (unpaired) electrons. The molecule has 0 saturated heterocycles. The minimum Gasteiger partial charge on any atom is -0.199 e. The van der Waals surface area contributed by atoms with Crippen LogP contribution in [0.4, 0.5) is 17.6 Å². The summed E-state index contributed by atoms with van der Waals surface area (Å²) < 4.78 is 54.1. The third kappa shape index (κ3) is 1.44. The summed E-state index contributed by atoms with van der Waals surface area (Å²) in [6.45, 7) is 0. The molecule has 0 saturated carbocycles. The Hall–Kier alpha value is -1.58. The van der Waals surface area contributed by atoms with Crippen molar-refractivity contribution in [1.82, 2.24) is 0 Å². The van der Waals surface area contributed by atoms with Crippen molar-refractivity contribution in [2.24, 2.45) is 0 Å². The molecule has 0 bridgehead atoms. The number of hydrogen-bond donors (Lipinski definition) is 0. The quantitative estimate of drug-likeness (QED) is 0.607. The van der Waals surface area contributed by atoms with Crippen LogP contribution in [0.1, 0.15) is 17.5 Å². The van der Waals surface area contributed by atoms with Crippen molar-refractivity contribution >= 4 is 10.8 Å². The van der Waals surface area contributed by atoms with Gasteiger partial charge >= 0.3 is 11.8 Å². The second kappa shape index (κ2) is 3.46. The largest absolute Gasteiger partial charge is 0.335 e. The van der Waals surface area contributed by atoms with E-state index < -0.39 is 23.8 Å². The van der Waals surface area contributed by atoms with Crippen molar-refractivity contribution < 1.29 is 17.6 Å². The Labute approximate surface area is 101 Å². The van der Waals surface area contributed by atoms with Crippen LogP contribution in [0.3, 0.4) is 0 Å². The van der Waals surface area contributed by atoms with E-state index in [-0.39, 0.29) is 6.42 Å². The van der Waals surface area contributed by atoms with Gasteiger partial charge in [-0.25, -0.2) is 0 Å². The molecule has 0 amide bonds. The molecule has 0 fully saturated rings. The van der Waals surface area contributed by atoms with Crippen LogP contribution in [0, 0.1) is 0 Å². The van der Waals surface area contributed by atoms with E-state index in [0.717, 1.165) is 5.39 Å². The molecule has 0 atom stereocenters. The number of alkyl halides is 4. The summed E-state index contributed by atoms with van der Waals surface area (Å²) in [5, 5.41) is 1.37. The fourth-order valence-electron chi connectivity index (χ4n) is 2.43. The maximum Gasteiger partial charge on any atom is 0.335 e. The molecule has 0 nitrogen and oxygen atoms in total. The van der Waals surface area contributed by atoms with Crippen molar-refractivity contribution in [2.75, 3.05) is 0 Å². The molecule has 94 valence electrons. The first-order chi connectivity index (χ1) is 8.42. The fraction of sp³-hybridized carbons (Fsp3) is 0.286. The number of fused-ring (bicyclic) bond motifs is 2. The standard InChI is InChI=1S/C14H10F4/c15-13(16)6-5-11-7-9-3-1-2-4-10(9)8-12(11)14(13,17)18/h1-4,7-8H,5-6H2. The summed E-state index contributed by atoms with van der Waals surface area (Å²) in [5.41, 5.74) is -0.206. The van der Waals surface area contributed by atoms with Crippen molar-refractivity contribution in [1.29, 1.82) is 0 Å². The van der Waals surface area contributed by atoms with Crippen molar-refractivity contribution in [3.8, 4) is 0 Å².